The largest absolute Gasteiger partial charge is 0.470 e. The number of benzene rings is 1. The number of carbonyl (C=O) groups is 2. The Balaban J connectivity index is 1.75. The minimum Gasteiger partial charge on any atom is -0.470 e. The number of nitrogens with zero attached hydrogens (tertiary/aromatic N) is 2. The molecule has 8 nitrogen and oxygen atoms in total. The normalized spacial score (nSPS) is 12.1. The Labute approximate surface area is 183 Å². The van der Waals surface area contributed by atoms with Crippen molar-refractivity contribution in [2.24, 2.45) is 0 Å². The summed E-state index contributed by atoms with van der Waals surface area (Å²) in [6.07, 6.45) is 8.83. The highest BCUT2D eigenvalue weighted by molar-refractivity contribution is 7.99. The predicted octanol–water partition coefficient (Wildman–Crippen LogP) is 3.11. The number of carbonyl (C=O) groups excluding carboxylic acids is 2. The molecular formula is C22H21N3O5S. The number of pyridine rings is 1. The van der Waals surface area contributed by atoms with Crippen LogP contribution in [0.1, 0.15) is 35.7 Å². The second-order valence-corrected chi connectivity index (χ2v) is 7.99. The van der Waals surface area contributed by atoms with Crippen LogP contribution in [-0.2, 0) is 15.1 Å². The summed E-state index contributed by atoms with van der Waals surface area (Å²) in [5, 5.41) is 7.55. The highest BCUT2D eigenvalue weighted by Crippen LogP contribution is 2.25. The molecule has 0 spiro atoms. The SMILES string of the molecule is C#Cc1cnc2ccc(OC(SC)C(=O)NC(C)(C)c3cc(C(=O)OC)on3)cc2c1. The van der Waals surface area contributed by atoms with Crippen LogP contribution in [0.5, 0.6) is 5.75 Å². The van der Waals surface area contributed by atoms with Crippen LogP contribution in [0.4, 0.5) is 0 Å². The summed E-state index contributed by atoms with van der Waals surface area (Å²) in [7, 11) is 1.24. The number of rotatable bonds is 7. The van der Waals surface area contributed by atoms with E-state index in [-0.39, 0.29) is 11.7 Å². The monoisotopic (exact) mass is 439 g/mol. The maximum Gasteiger partial charge on any atom is 0.376 e. The lowest BCUT2D eigenvalue weighted by Gasteiger charge is -2.26. The molecule has 0 saturated carbocycles. The molecule has 2 heterocycles. The number of thioether (sulfide) groups is 1. The Hall–Kier alpha value is -3.51. The fraction of sp³-hybridized carbons (Fsp3) is 0.273. The fourth-order valence-corrected chi connectivity index (χ4v) is 3.27. The first-order chi connectivity index (χ1) is 14.8. The second kappa shape index (κ2) is 9.10. The summed E-state index contributed by atoms with van der Waals surface area (Å²) in [4.78, 5) is 28.8. The van der Waals surface area contributed by atoms with E-state index in [1.165, 1.54) is 24.9 Å². The van der Waals surface area contributed by atoms with Gasteiger partial charge in [-0.25, -0.2) is 4.79 Å². The quantitative estimate of drug-likeness (QED) is 0.340. The molecule has 1 atom stereocenters. The molecule has 9 heteroatoms. The number of fused-ring (bicyclic) bond motifs is 1. The van der Waals surface area contributed by atoms with Gasteiger partial charge in [0.15, 0.2) is 0 Å². The zero-order chi connectivity index (χ0) is 22.6. The van der Waals surface area contributed by atoms with E-state index in [4.69, 9.17) is 15.7 Å². The molecule has 0 radical (unpaired) electrons. The van der Waals surface area contributed by atoms with Gasteiger partial charge in [0, 0.05) is 23.2 Å². The van der Waals surface area contributed by atoms with E-state index >= 15 is 0 Å². The van der Waals surface area contributed by atoms with E-state index in [9.17, 15) is 9.59 Å². The summed E-state index contributed by atoms with van der Waals surface area (Å²) < 4.78 is 15.5. The first-order valence-electron chi connectivity index (χ1n) is 9.21. The first-order valence-corrected chi connectivity index (χ1v) is 10.5. The van der Waals surface area contributed by atoms with Gasteiger partial charge < -0.3 is 19.3 Å². The molecule has 0 bridgehead atoms. The van der Waals surface area contributed by atoms with Gasteiger partial charge in [0.2, 0.25) is 11.2 Å². The van der Waals surface area contributed by atoms with Crippen LogP contribution >= 0.6 is 11.8 Å². The van der Waals surface area contributed by atoms with Gasteiger partial charge in [0.05, 0.1) is 18.2 Å². The number of hydrogen-bond acceptors (Lipinski definition) is 8. The maximum absolute atomic E-state index is 12.9. The average Bonchev–Trinajstić information content (AvgIpc) is 3.27. The maximum atomic E-state index is 12.9. The highest BCUT2D eigenvalue weighted by Gasteiger charge is 2.32. The second-order valence-electron chi connectivity index (χ2n) is 7.09. The van der Waals surface area contributed by atoms with Crippen molar-refractivity contribution in [3.8, 4) is 18.1 Å². The summed E-state index contributed by atoms with van der Waals surface area (Å²) in [5.41, 5.74) is 0.0564. The zero-order valence-electron chi connectivity index (χ0n) is 17.5. The summed E-state index contributed by atoms with van der Waals surface area (Å²) in [6.45, 7) is 3.48. The molecule has 160 valence electrons. The van der Waals surface area contributed by atoms with Crippen molar-refractivity contribution in [1.29, 1.82) is 0 Å². The summed E-state index contributed by atoms with van der Waals surface area (Å²) in [5.74, 6) is 1.99. The molecule has 0 aliphatic heterocycles. The van der Waals surface area contributed by atoms with Crippen LogP contribution in [0.3, 0.4) is 0 Å². The number of nitrogens with one attached hydrogen (secondary N) is 1. The van der Waals surface area contributed by atoms with Crippen LogP contribution < -0.4 is 10.1 Å². The molecule has 0 aliphatic carbocycles. The molecule has 0 fully saturated rings. The fourth-order valence-electron chi connectivity index (χ4n) is 2.79. The molecule has 2 aromatic heterocycles. The van der Waals surface area contributed by atoms with E-state index < -0.39 is 16.9 Å². The van der Waals surface area contributed by atoms with Gasteiger partial charge in [0.1, 0.15) is 11.4 Å². The number of amides is 1. The highest BCUT2D eigenvalue weighted by atomic mass is 32.2. The number of terminal acetylenes is 1. The third-order valence-electron chi connectivity index (χ3n) is 4.46. The van der Waals surface area contributed by atoms with Crippen LogP contribution in [0.2, 0.25) is 0 Å². The first kappa shape index (κ1) is 22.2. The van der Waals surface area contributed by atoms with Crippen molar-refractivity contribution in [1.82, 2.24) is 15.5 Å². The van der Waals surface area contributed by atoms with Gasteiger partial charge in [0.25, 0.3) is 5.91 Å². The number of methoxy groups -OCH3 is 1. The molecule has 3 rings (SSSR count). The lowest BCUT2D eigenvalue weighted by Crippen LogP contribution is -2.46. The molecule has 3 aromatic rings. The zero-order valence-corrected chi connectivity index (χ0v) is 18.3. The summed E-state index contributed by atoms with van der Waals surface area (Å²) in [6, 6.07) is 8.59. The lowest BCUT2D eigenvalue weighted by molar-refractivity contribution is -0.126. The standard InChI is InChI=1S/C22H21N3O5S/c1-6-13-9-14-10-15(7-8-16(14)23-12-13)29-21(31-5)19(26)24-22(2,3)18-11-17(30-25-18)20(27)28-4/h1,7-12,21H,2-5H3,(H,24,26). The molecule has 1 N–H and O–H groups in total. The Morgan fingerprint density at radius 2 is 2.06 bits per heavy atom. The van der Waals surface area contributed by atoms with Gasteiger partial charge in [-0.2, -0.15) is 0 Å². The van der Waals surface area contributed by atoms with Crippen molar-refractivity contribution in [3.63, 3.8) is 0 Å². The van der Waals surface area contributed by atoms with Gasteiger partial charge in [-0.1, -0.05) is 11.1 Å². The minimum absolute atomic E-state index is 0.0476. The van der Waals surface area contributed by atoms with Gasteiger partial charge >= 0.3 is 5.97 Å². The van der Waals surface area contributed by atoms with Crippen molar-refractivity contribution in [2.45, 2.75) is 24.8 Å². The molecule has 1 unspecified atom stereocenters. The van der Waals surface area contributed by atoms with Crippen molar-refractivity contribution in [3.05, 3.63) is 53.5 Å². The van der Waals surface area contributed by atoms with Crippen LogP contribution in [0.15, 0.2) is 41.1 Å². The smallest absolute Gasteiger partial charge is 0.376 e. The van der Waals surface area contributed by atoms with Crippen molar-refractivity contribution >= 4 is 34.5 Å². The van der Waals surface area contributed by atoms with E-state index in [1.807, 2.05) is 6.07 Å². The Morgan fingerprint density at radius 1 is 1.29 bits per heavy atom. The van der Waals surface area contributed by atoms with E-state index in [0.717, 1.165) is 10.9 Å². The minimum atomic E-state index is -0.917. The van der Waals surface area contributed by atoms with Crippen LogP contribution in [0, 0.1) is 12.3 Å². The van der Waals surface area contributed by atoms with Crippen molar-refractivity contribution in [2.75, 3.05) is 13.4 Å². The van der Waals surface area contributed by atoms with Gasteiger partial charge in [-0.3, -0.25) is 9.78 Å². The van der Waals surface area contributed by atoms with Gasteiger partial charge in [-0.05, 0) is 44.4 Å². The van der Waals surface area contributed by atoms with Gasteiger partial charge in [-0.15, -0.1) is 18.2 Å². The van der Waals surface area contributed by atoms with E-state index in [2.05, 4.69) is 26.1 Å². The van der Waals surface area contributed by atoms with E-state index in [1.54, 1.807) is 44.5 Å². The molecule has 31 heavy (non-hydrogen) atoms. The molecule has 0 saturated heterocycles. The Bertz CT molecular complexity index is 1170. The third-order valence-corrected chi connectivity index (χ3v) is 5.20. The predicted molar refractivity (Wildman–Crippen MR) is 117 cm³/mol. The number of hydrogen-bond donors (Lipinski definition) is 1. The molecule has 0 aliphatic rings. The Morgan fingerprint density at radius 3 is 2.74 bits per heavy atom. The Kier molecular flexibility index (Phi) is 6.51. The van der Waals surface area contributed by atoms with Crippen molar-refractivity contribution < 1.29 is 23.6 Å². The third kappa shape index (κ3) is 4.98. The number of esters is 1. The van der Waals surface area contributed by atoms with Crippen LogP contribution in [-0.4, -0.2) is 40.8 Å². The molecular weight excluding hydrogens is 418 g/mol. The van der Waals surface area contributed by atoms with E-state index in [0.29, 0.717) is 17.0 Å². The lowest BCUT2D eigenvalue weighted by atomic mass is 10.0. The number of aromatic nitrogens is 2. The van der Waals surface area contributed by atoms with Crippen LogP contribution in [0.25, 0.3) is 10.9 Å². The summed E-state index contributed by atoms with van der Waals surface area (Å²) >= 11 is 1.24. The topological polar surface area (TPSA) is 104 Å². The average molecular weight is 439 g/mol. The molecule has 1 amide bonds. The molecule has 1 aromatic carbocycles. The number of ether oxygens (including phenoxy) is 2.